The van der Waals surface area contributed by atoms with E-state index in [0.717, 1.165) is 17.4 Å². The summed E-state index contributed by atoms with van der Waals surface area (Å²) in [6.45, 7) is 0.723. The summed E-state index contributed by atoms with van der Waals surface area (Å²) >= 11 is 0.873. The Kier molecular flexibility index (Phi) is 4.79. The number of carbonyl (C=O) groups is 2. The van der Waals surface area contributed by atoms with Gasteiger partial charge in [-0.05, 0) is 6.07 Å². The Labute approximate surface area is 147 Å². The predicted molar refractivity (Wildman–Crippen MR) is 88.0 cm³/mol. The van der Waals surface area contributed by atoms with Gasteiger partial charge in [0.25, 0.3) is 15.9 Å². The van der Waals surface area contributed by atoms with Crippen molar-refractivity contribution in [2.45, 2.75) is 4.21 Å². The monoisotopic (exact) mass is 382 g/mol. The van der Waals surface area contributed by atoms with Crippen LogP contribution in [0.1, 0.15) is 20.8 Å². The van der Waals surface area contributed by atoms with Gasteiger partial charge in [-0.1, -0.05) is 0 Å². The Balaban J connectivity index is 1.69. The van der Waals surface area contributed by atoms with Gasteiger partial charge < -0.3 is 10.0 Å². The van der Waals surface area contributed by atoms with Crippen molar-refractivity contribution in [3.05, 3.63) is 41.3 Å². The Bertz CT molecular complexity index is 889. The summed E-state index contributed by atoms with van der Waals surface area (Å²) < 4.78 is 26.4. The normalized spacial score (nSPS) is 15.9. The van der Waals surface area contributed by atoms with Gasteiger partial charge in [-0.2, -0.15) is 4.31 Å². The molecule has 2 aromatic heterocycles. The molecule has 1 aliphatic heterocycles. The Hall–Kier alpha value is -2.37. The summed E-state index contributed by atoms with van der Waals surface area (Å²) in [6.07, 6.45) is 4.25. The second kappa shape index (κ2) is 6.86. The van der Waals surface area contributed by atoms with Crippen LogP contribution in [0.4, 0.5) is 0 Å². The molecule has 3 heterocycles. The quantitative estimate of drug-likeness (QED) is 0.811. The molecule has 1 aliphatic rings. The first-order valence-electron chi connectivity index (χ1n) is 7.27. The minimum atomic E-state index is -3.77. The standard InChI is InChI=1S/C14H14N4O5S2/c19-13(11-8-15-1-2-16-11)17-3-5-18(6-4-17)25(22,23)12-7-10(9-24-12)14(20)21/h1-2,7-9H,3-6H2,(H,20,21). The van der Waals surface area contributed by atoms with Gasteiger partial charge in [0.05, 0.1) is 11.8 Å². The molecule has 0 bridgehead atoms. The lowest BCUT2D eigenvalue weighted by Crippen LogP contribution is -2.50. The molecule has 9 nitrogen and oxygen atoms in total. The number of nitrogens with zero attached hydrogens (tertiary/aromatic N) is 4. The van der Waals surface area contributed by atoms with Gasteiger partial charge in [0, 0.05) is 44.0 Å². The molecule has 0 aliphatic carbocycles. The van der Waals surface area contributed by atoms with Crippen molar-refractivity contribution in [3.8, 4) is 0 Å². The van der Waals surface area contributed by atoms with Gasteiger partial charge in [-0.3, -0.25) is 9.78 Å². The highest BCUT2D eigenvalue weighted by Crippen LogP contribution is 2.25. The average Bonchev–Trinajstić information content (AvgIpc) is 3.13. The number of aromatic carboxylic acids is 1. The van der Waals surface area contributed by atoms with Crippen molar-refractivity contribution in [1.82, 2.24) is 19.2 Å². The van der Waals surface area contributed by atoms with Crippen LogP contribution in [0.15, 0.2) is 34.2 Å². The third-order valence-electron chi connectivity index (χ3n) is 3.72. The molecular weight excluding hydrogens is 368 g/mol. The average molecular weight is 382 g/mol. The summed E-state index contributed by atoms with van der Waals surface area (Å²) in [5.41, 5.74) is 0.156. The summed E-state index contributed by atoms with van der Waals surface area (Å²) in [6, 6.07) is 1.15. The number of rotatable bonds is 4. The molecule has 1 N–H and O–H groups in total. The molecule has 0 atom stereocenters. The predicted octanol–water partition coefficient (Wildman–Crippen LogP) is 0.383. The maximum absolute atomic E-state index is 12.6. The number of aromatic nitrogens is 2. The number of carboxylic acids is 1. The van der Waals surface area contributed by atoms with Crippen LogP contribution in [0, 0.1) is 0 Å². The minimum Gasteiger partial charge on any atom is -0.478 e. The van der Waals surface area contributed by atoms with E-state index >= 15 is 0 Å². The van der Waals surface area contributed by atoms with Crippen LogP contribution in [0.25, 0.3) is 0 Å². The lowest BCUT2D eigenvalue weighted by atomic mass is 10.3. The van der Waals surface area contributed by atoms with E-state index in [2.05, 4.69) is 9.97 Å². The third kappa shape index (κ3) is 3.52. The van der Waals surface area contributed by atoms with Gasteiger partial charge >= 0.3 is 5.97 Å². The van der Waals surface area contributed by atoms with E-state index in [1.54, 1.807) is 0 Å². The Morgan fingerprint density at radius 1 is 1.16 bits per heavy atom. The van der Waals surface area contributed by atoms with Crippen LogP contribution in [0.2, 0.25) is 0 Å². The molecule has 132 valence electrons. The topological polar surface area (TPSA) is 121 Å². The first-order valence-corrected chi connectivity index (χ1v) is 9.59. The molecule has 0 aromatic carbocycles. The molecule has 0 unspecified atom stereocenters. The van der Waals surface area contributed by atoms with Crippen LogP contribution in [0.3, 0.4) is 0 Å². The molecule has 3 rings (SSSR count). The number of amides is 1. The van der Waals surface area contributed by atoms with Crippen LogP contribution in [-0.2, 0) is 10.0 Å². The maximum Gasteiger partial charge on any atom is 0.336 e. The van der Waals surface area contributed by atoms with E-state index in [1.807, 2.05) is 0 Å². The van der Waals surface area contributed by atoms with E-state index < -0.39 is 16.0 Å². The van der Waals surface area contributed by atoms with Crippen LogP contribution in [0.5, 0.6) is 0 Å². The molecule has 1 amide bonds. The highest BCUT2D eigenvalue weighted by atomic mass is 32.2. The van der Waals surface area contributed by atoms with Gasteiger partial charge in [-0.15, -0.1) is 11.3 Å². The zero-order valence-corrected chi connectivity index (χ0v) is 14.5. The fourth-order valence-corrected chi connectivity index (χ4v) is 5.12. The minimum absolute atomic E-state index is 0.0152. The largest absolute Gasteiger partial charge is 0.478 e. The maximum atomic E-state index is 12.6. The van der Waals surface area contributed by atoms with Crippen molar-refractivity contribution in [1.29, 1.82) is 0 Å². The van der Waals surface area contributed by atoms with Crippen LogP contribution in [-0.4, -0.2) is 70.8 Å². The summed E-state index contributed by atoms with van der Waals surface area (Å²) in [5, 5.41) is 10.2. The third-order valence-corrected chi connectivity index (χ3v) is 7.04. The fraction of sp³-hybridized carbons (Fsp3) is 0.286. The second-order valence-electron chi connectivity index (χ2n) is 5.25. The Morgan fingerprint density at radius 2 is 1.88 bits per heavy atom. The number of piperazine rings is 1. The van der Waals surface area contributed by atoms with Crippen molar-refractivity contribution >= 4 is 33.2 Å². The number of hydrogen-bond donors (Lipinski definition) is 1. The van der Waals surface area contributed by atoms with Crippen molar-refractivity contribution in [3.63, 3.8) is 0 Å². The second-order valence-corrected chi connectivity index (χ2v) is 8.32. The van der Waals surface area contributed by atoms with Crippen molar-refractivity contribution < 1.29 is 23.1 Å². The van der Waals surface area contributed by atoms with E-state index in [0.29, 0.717) is 0 Å². The number of carbonyl (C=O) groups excluding carboxylic acids is 1. The molecular formula is C14H14N4O5S2. The molecule has 25 heavy (non-hydrogen) atoms. The van der Waals surface area contributed by atoms with Gasteiger partial charge in [-0.25, -0.2) is 18.2 Å². The summed E-state index contributed by atoms with van der Waals surface area (Å²) in [5.74, 6) is -1.47. The number of sulfonamides is 1. The summed E-state index contributed by atoms with van der Waals surface area (Å²) in [4.78, 5) is 32.5. The molecule has 0 saturated carbocycles. The molecule has 1 fully saturated rings. The van der Waals surface area contributed by atoms with Crippen molar-refractivity contribution in [2.75, 3.05) is 26.2 Å². The van der Waals surface area contributed by atoms with Crippen molar-refractivity contribution in [2.24, 2.45) is 0 Å². The zero-order chi connectivity index (χ0) is 18.0. The fourth-order valence-electron chi connectivity index (χ4n) is 2.39. The molecule has 2 aromatic rings. The first kappa shape index (κ1) is 17.5. The lowest BCUT2D eigenvalue weighted by molar-refractivity contribution is 0.0685. The van der Waals surface area contributed by atoms with Gasteiger partial charge in [0.1, 0.15) is 9.90 Å². The van der Waals surface area contributed by atoms with Gasteiger partial charge in [0.15, 0.2) is 0 Å². The highest BCUT2D eigenvalue weighted by molar-refractivity contribution is 7.91. The number of carboxylic acid groups (broad SMARTS) is 1. The van der Waals surface area contributed by atoms with Crippen LogP contribution < -0.4 is 0 Å². The van der Waals surface area contributed by atoms with Gasteiger partial charge in [0.2, 0.25) is 0 Å². The number of hydrogen-bond acceptors (Lipinski definition) is 7. The summed E-state index contributed by atoms with van der Waals surface area (Å²) in [7, 11) is -3.77. The Morgan fingerprint density at radius 3 is 2.44 bits per heavy atom. The molecule has 1 saturated heterocycles. The smallest absolute Gasteiger partial charge is 0.336 e. The number of thiophene rings is 1. The zero-order valence-electron chi connectivity index (χ0n) is 12.9. The molecule has 0 spiro atoms. The van der Waals surface area contributed by atoms with E-state index in [1.165, 1.54) is 33.2 Å². The lowest BCUT2D eigenvalue weighted by Gasteiger charge is -2.33. The van der Waals surface area contributed by atoms with Crippen LogP contribution >= 0.6 is 11.3 Å². The van der Waals surface area contributed by atoms with E-state index in [4.69, 9.17) is 5.11 Å². The highest BCUT2D eigenvalue weighted by Gasteiger charge is 2.32. The first-order chi connectivity index (χ1) is 11.9. The van der Waals surface area contributed by atoms with E-state index in [-0.39, 0.29) is 47.6 Å². The molecule has 11 heteroatoms. The van der Waals surface area contributed by atoms with E-state index in [9.17, 15) is 18.0 Å². The SMILES string of the molecule is O=C(O)c1csc(S(=O)(=O)N2CCN(C(=O)c3cnccn3)CC2)c1. The molecule has 0 radical (unpaired) electrons.